The third kappa shape index (κ3) is 5.72. The van der Waals surface area contributed by atoms with Crippen LogP contribution in [-0.2, 0) is 15.1 Å². The highest BCUT2D eigenvalue weighted by atomic mass is 16.5. The van der Waals surface area contributed by atoms with Crippen LogP contribution < -0.4 is 15.4 Å². The molecule has 2 aliphatic heterocycles. The molecule has 0 saturated carbocycles. The van der Waals surface area contributed by atoms with Crippen molar-refractivity contribution in [3.8, 4) is 17.3 Å². The normalized spacial score (nSPS) is 17.1. The van der Waals surface area contributed by atoms with Crippen LogP contribution in [0.4, 0.5) is 11.6 Å². The van der Waals surface area contributed by atoms with Crippen molar-refractivity contribution in [2.75, 3.05) is 76.3 Å². The molecular formula is C35H38N10O4. The van der Waals surface area contributed by atoms with Gasteiger partial charge in [0.2, 0.25) is 11.8 Å². The number of ether oxygens (including phenoxy) is 2. The number of carbonyl (C=O) groups excluding carboxylic acids is 1. The molecule has 0 aliphatic carbocycles. The molecule has 1 atom stereocenters. The van der Waals surface area contributed by atoms with Gasteiger partial charge in [0.15, 0.2) is 22.6 Å². The Balaban J connectivity index is 1.01. The van der Waals surface area contributed by atoms with E-state index in [1.165, 1.54) is 4.52 Å². The highest BCUT2D eigenvalue weighted by Gasteiger charge is 2.43. The summed E-state index contributed by atoms with van der Waals surface area (Å²) in [6.07, 6.45) is 3.23. The van der Waals surface area contributed by atoms with E-state index in [2.05, 4.69) is 27.0 Å². The predicted octanol–water partition coefficient (Wildman–Crippen LogP) is 3.14. The Morgan fingerprint density at radius 1 is 0.918 bits per heavy atom. The maximum absolute atomic E-state index is 14.7. The number of nitrogen functional groups attached to an aromatic ring is 1. The Hall–Kier alpha value is -5.47. The molecule has 2 aliphatic rings. The Kier molecular flexibility index (Phi) is 8.09. The number of carbonyl (C=O) groups is 1. The number of nitrogens with zero attached hydrogens (tertiary/aromatic N) is 9. The summed E-state index contributed by atoms with van der Waals surface area (Å²) in [6, 6.07) is 21.4. The van der Waals surface area contributed by atoms with Gasteiger partial charge in [-0.25, -0.2) is 9.67 Å². The monoisotopic (exact) mass is 662 g/mol. The van der Waals surface area contributed by atoms with Crippen LogP contribution >= 0.6 is 0 Å². The summed E-state index contributed by atoms with van der Waals surface area (Å²) in [7, 11) is 0. The van der Waals surface area contributed by atoms with Crippen LogP contribution in [0.5, 0.6) is 5.75 Å². The Morgan fingerprint density at radius 2 is 1.69 bits per heavy atom. The first kappa shape index (κ1) is 30.8. The number of furan rings is 1. The average molecular weight is 663 g/mol. The van der Waals surface area contributed by atoms with Gasteiger partial charge in [-0.05, 0) is 48.9 Å². The van der Waals surface area contributed by atoms with Gasteiger partial charge in [-0.1, -0.05) is 30.3 Å². The minimum Gasteiger partial charge on any atom is -0.492 e. The quantitative estimate of drug-likeness (QED) is 0.244. The number of aromatic nitrogens is 6. The molecule has 2 fully saturated rings. The lowest BCUT2D eigenvalue weighted by Gasteiger charge is -2.40. The number of anilines is 2. The van der Waals surface area contributed by atoms with E-state index in [4.69, 9.17) is 34.7 Å². The zero-order chi connectivity index (χ0) is 33.4. The molecule has 0 radical (unpaired) electrons. The second-order valence-corrected chi connectivity index (χ2v) is 12.4. The maximum Gasteiger partial charge on any atom is 0.255 e. The van der Waals surface area contributed by atoms with Crippen molar-refractivity contribution in [2.24, 2.45) is 0 Å². The lowest BCUT2D eigenvalue weighted by molar-refractivity contribution is -0.138. The molecule has 14 heteroatoms. The average Bonchev–Trinajstić information content (AvgIpc) is 3.93. The molecular weight excluding hydrogens is 624 g/mol. The van der Waals surface area contributed by atoms with Gasteiger partial charge in [-0.2, -0.15) is 14.6 Å². The second kappa shape index (κ2) is 12.9. The summed E-state index contributed by atoms with van der Waals surface area (Å²) in [6.45, 7) is 9.37. The van der Waals surface area contributed by atoms with E-state index in [0.717, 1.165) is 49.8 Å². The van der Waals surface area contributed by atoms with Crippen molar-refractivity contribution in [3.63, 3.8) is 0 Å². The molecule has 6 heterocycles. The summed E-state index contributed by atoms with van der Waals surface area (Å²) < 4.78 is 20.1. The SMILES string of the molecule is CC(C(=O)N1CCN(c2ccc(OCCN3CCOCC3)cc2)CC1)(c1ccccc1)n1ncc2c1nc(N)n1nc(-c3ccco3)nc21. The first-order valence-corrected chi connectivity index (χ1v) is 16.6. The van der Waals surface area contributed by atoms with Crippen LogP contribution in [0.3, 0.4) is 0 Å². The van der Waals surface area contributed by atoms with Crippen LogP contribution in [0.1, 0.15) is 12.5 Å². The number of nitrogens with two attached hydrogens (primary N) is 1. The largest absolute Gasteiger partial charge is 0.492 e. The van der Waals surface area contributed by atoms with Crippen molar-refractivity contribution in [3.05, 3.63) is 84.8 Å². The standard InChI is InChI=1S/C35H38N10O4/c1-35(25-6-3-2-4-7-25,45-32-28(24-37-45)31-38-30(29-8-5-20-49-29)40-44(31)34(36)39-32)33(46)43-15-13-42(14-16-43)26-9-11-27(12-10-26)48-23-19-41-17-21-47-22-18-41/h2-12,20,24H,13-19,21-23H2,1H3,(H2,36,39). The summed E-state index contributed by atoms with van der Waals surface area (Å²) >= 11 is 0. The molecule has 252 valence electrons. The van der Waals surface area contributed by atoms with Gasteiger partial charge in [0.25, 0.3) is 5.91 Å². The number of fused-ring (bicyclic) bond motifs is 3. The summed E-state index contributed by atoms with van der Waals surface area (Å²) in [5.41, 5.74) is 8.00. The number of benzene rings is 2. The molecule has 1 unspecified atom stereocenters. The van der Waals surface area contributed by atoms with E-state index < -0.39 is 5.54 Å². The molecule has 49 heavy (non-hydrogen) atoms. The predicted molar refractivity (Wildman–Crippen MR) is 183 cm³/mol. The summed E-state index contributed by atoms with van der Waals surface area (Å²) in [4.78, 5) is 30.6. The van der Waals surface area contributed by atoms with Crippen molar-refractivity contribution < 1.29 is 18.7 Å². The Bertz CT molecular complexity index is 2050. The van der Waals surface area contributed by atoms with Crippen molar-refractivity contribution in [1.82, 2.24) is 39.2 Å². The van der Waals surface area contributed by atoms with Gasteiger partial charge in [0.1, 0.15) is 12.4 Å². The molecule has 14 nitrogen and oxygen atoms in total. The van der Waals surface area contributed by atoms with Crippen molar-refractivity contribution in [2.45, 2.75) is 12.5 Å². The van der Waals surface area contributed by atoms with Gasteiger partial charge in [0.05, 0.1) is 31.1 Å². The van der Waals surface area contributed by atoms with Crippen LogP contribution in [0.25, 0.3) is 28.3 Å². The molecule has 0 bridgehead atoms. The molecule has 8 rings (SSSR count). The van der Waals surface area contributed by atoms with Crippen LogP contribution in [-0.4, -0.2) is 111 Å². The fourth-order valence-electron chi connectivity index (χ4n) is 6.69. The topological polar surface area (TPSA) is 145 Å². The zero-order valence-electron chi connectivity index (χ0n) is 27.3. The van der Waals surface area contributed by atoms with E-state index in [1.54, 1.807) is 29.3 Å². The smallest absolute Gasteiger partial charge is 0.255 e. The van der Waals surface area contributed by atoms with Gasteiger partial charge in [-0.15, -0.1) is 5.10 Å². The molecule has 1 amide bonds. The second-order valence-electron chi connectivity index (χ2n) is 12.4. The summed E-state index contributed by atoms with van der Waals surface area (Å²) in [5.74, 6) is 1.79. The van der Waals surface area contributed by atoms with E-state index >= 15 is 0 Å². The summed E-state index contributed by atoms with van der Waals surface area (Å²) in [5, 5.41) is 9.88. The van der Waals surface area contributed by atoms with Gasteiger partial charge < -0.3 is 29.4 Å². The lowest BCUT2D eigenvalue weighted by atomic mass is 9.90. The molecule has 2 N–H and O–H groups in total. The van der Waals surface area contributed by atoms with E-state index in [0.29, 0.717) is 61.1 Å². The third-order valence-electron chi connectivity index (χ3n) is 9.50. The fraction of sp³-hybridized carbons (Fsp3) is 0.343. The minimum atomic E-state index is -1.22. The van der Waals surface area contributed by atoms with E-state index in [9.17, 15) is 4.79 Å². The van der Waals surface area contributed by atoms with Crippen LogP contribution in [0.2, 0.25) is 0 Å². The first-order chi connectivity index (χ1) is 24.0. The lowest BCUT2D eigenvalue weighted by Crippen LogP contribution is -2.56. The van der Waals surface area contributed by atoms with Crippen LogP contribution in [0, 0.1) is 0 Å². The van der Waals surface area contributed by atoms with Crippen LogP contribution in [0.15, 0.2) is 83.6 Å². The Morgan fingerprint density at radius 3 is 2.43 bits per heavy atom. The van der Waals surface area contributed by atoms with E-state index in [1.807, 2.05) is 54.3 Å². The number of rotatable bonds is 9. The third-order valence-corrected chi connectivity index (χ3v) is 9.50. The maximum atomic E-state index is 14.7. The number of hydrogen-bond donors (Lipinski definition) is 1. The molecule has 2 aromatic carbocycles. The molecule has 4 aromatic heterocycles. The number of morpholine rings is 1. The highest BCUT2D eigenvalue weighted by molar-refractivity contribution is 5.94. The van der Waals surface area contributed by atoms with Crippen molar-refractivity contribution >= 4 is 34.2 Å². The highest BCUT2D eigenvalue weighted by Crippen LogP contribution is 2.34. The Labute approximate surface area is 282 Å². The number of amides is 1. The molecule has 2 saturated heterocycles. The minimum absolute atomic E-state index is 0.0784. The molecule has 0 spiro atoms. The van der Waals surface area contributed by atoms with E-state index in [-0.39, 0.29) is 11.9 Å². The number of hydrogen-bond acceptors (Lipinski definition) is 11. The first-order valence-electron chi connectivity index (χ1n) is 16.6. The number of piperazine rings is 1. The fourth-order valence-corrected chi connectivity index (χ4v) is 6.69. The molecule has 6 aromatic rings. The van der Waals surface area contributed by atoms with Gasteiger partial charge in [-0.3, -0.25) is 9.69 Å². The van der Waals surface area contributed by atoms with Gasteiger partial charge >= 0.3 is 0 Å². The van der Waals surface area contributed by atoms with Gasteiger partial charge in [0, 0.05) is 51.5 Å². The van der Waals surface area contributed by atoms with Crippen molar-refractivity contribution in [1.29, 1.82) is 0 Å². The zero-order valence-corrected chi connectivity index (χ0v) is 27.3.